The highest BCUT2D eigenvalue weighted by atomic mass is 19.1. The first kappa shape index (κ1) is 16.7. The third kappa shape index (κ3) is 3.50. The topological polar surface area (TPSA) is 64.4 Å². The number of nitrogens with zero attached hydrogens (tertiary/aromatic N) is 3. The van der Waals surface area contributed by atoms with Crippen molar-refractivity contribution in [2.75, 3.05) is 19.6 Å². The molecule has 5 nitrogen and oxygen atoms in total. The molecule has 1 aliphatic rings. The lowest BCUT2D eigenvalue weighted by atomic mass is 10.1. The molecule has 0 radical (unpaired) electrons. The van der Waals surface area contributed by atoms with E-state index >= 15 is 0 Å². The molecule has 1 fully saturated rings. The van der Waals surface area contributed by atoms with Crippen LogP contribution in [0.3, 0.4) is 0 Å². The fraction of sp³-hybridized carbons (Fsp3) is 0.211. The van der Waals surface area contributed by atoms with Crippen LogP contribution < -0.4 is 0 Å². The lowest BCUT2D eigenvalue weighted by Crippen LogP contribution is -2.52. The smallest absolute Gasteiger partial charge is 0.255 e. The van der Waals surface area contributed by atoms with E-state index in [1.165, 1.54) is 11.0 Å². The van der Waals surface area contributed by atoms with Gasteiger partial charge in [-0.25, -0.2) is 4.39 Å². The normalized spacial score (nSPS) is 14.3. The van der Waals surface area contributed by atoms with Crippen molar-refractivity contribution in [3.8, 4) is 6.07 Å². The summed E-state index contributed by atoms with van der Waals surface area (Å²) in [6, 6.07) is 14.8. The molecule has 0 aliphatic carbocycles. The Hall–Kier alpha value is -3.20. The van der Waals surface area contributed by atoms with Gasteiger partial charge in [0.25, 0.3) is 5.91 Å². The van der Waals surface area contributed by atoms with Crippen molar-refractivity contribution >= 4 is 11.8 Å². The molecule has 0 spiro atoms. The summed E-state index contributed by atoms with van der Waals surface area (Å²) in [4.78, 5) is 27.9. The monoisotopic (exact) mass is 337 g/mol. The van der Waals surface area contributed by atoms with Gasteiger partial charge in [-0.2, -0.15) is 5.26 Å². The first-order valence-corrected chi connectivity index (χ1v) is 7.89. The number of carbonyl (C=O) groups excluding carboxylic acids is 2. The molecule has 2 amide bonds. The molecule has 2 aromatic rings. The number of amides is 2. The SMILES string of the molecule is N#Cc1ccccc1C(=O)N1CCN(Cc2ccccc2F)C(=O)C1. The van der Waals surface area contributed by atoms with Crippen LogP contribution in [0.15, 0.2) is 48.5 Å². The Balaban J connectivity index is 1.70. The van der Waals surface area contributed by atoms with Crippen LogP contribution in [0.4, 0.5) is 4.39 Å². The van der Waals surface area contributed by atoms with Gasteiger partial charge in [0.15, 0.2) is 0 Å². The molecule has 25 heavy (non-hydrogen) atoms. The van der Waals surface area contributed by atoms with E-state index in [0.29, 0.717) is 24.2 Å². The van der Waals surface area contributed by atoms with E-state index in [-0.39, 0.29) is 36.3 Å². The van der Waals surface area contributed by atoms with Crippen molar-refractivity contribution < 1.29 is 14.0 Å². The van der Waals surface area contributed by atoms with Gasteiger partial charge in [-0.3, -0.25) is 9.59 Å². The summed E-state index contributed by atoms with van der Waals surface area (Å²) in [5.41, 5.74) is 1.03. The molecule has 1 aliphatic heterocycles. The summed E-state index contributed by atoms with van der Waals surface area (Å²) in [6.45, 7) is 0.780. The van der Waals surface area contributed by atoms with Gasteiger partial charge in [0.1, 0.15) is 12.4 Å². The molecule has 126 valence electrons. The number of hydrogen-bond donors (Lipinski definition) is 0. The minimum absolute atomic E-state index is 0.0763. The predicted molar refractivity (Wildman–Crippen MR) is 88.9 cm³/mol. The number of hydrogen-bond acceptors (Lipinski definition) is 3. The summed E-state index contributed by atoms with van der Waals surface area (Å²) in [5.74, 6) is -0.926. The Morgan fingerprint density at radius 1 is 1.12 bits per heavy atom. The van der Waals surface area contributed by atoms with Gasteiger partial charge >= 0.3 is 0 Å². The van der Waals surface area contributed by atoms with E-state index in [2.05, 4.69) is 0 Å². The third-order valence-electron chi connectivity index (χ3n) is 4.20. The van der Waals surface area contributed by atoms with E-state index in [1.54, 1.807) is 47.4 Å². The van der Waals surface area contributed by atoms with E-state index in [4.69, 9.17) is 5.26 Å². The van der Waals surface area contributed by atoms with Crippen LogP contribution in [0.5, 0.6) is 0 Å². The molecule has 0 unspecified atom stereocenters. The largest absolute Gasteiger partial charge is 0.335 e. The lowest BCUT2D eigenvalue weighted by Gasteiger charge is -2.34. The highest BCUT2D eigenvalue weighted by molar-refractivity contribution is 5.99. The van der Waals surface area contributed by atoms with Crippen molar-refractivity contribution in [2.45, 2.75) is 6.54 Å². The zero-order valence-electron chi connectivity index (χ0n) is 13.5. The lowest BCUT2D eigenvalue weighted by molar-refractivity contribution is -0.135. The standard InChI is InChI=1S/C19H16FN3O2/c20-17-8-4-2-6-15(17)12-22-9-10-23(13-18(22)24)19(25)16-7-3-1-5-14(16)11-21/h1-8H,9-10,12-13H2. The number of halogens is 1. The minimum atomic E-state index is -0.350. The summed E-state index contributed by atoms with van der Waals surface area (Å²) in [5, 5.41) is 9.12. The van der Waals surface area contributed by atoms with Crippen molar-refractivity contribution in [2.24, 2.45) is 0 Å². The molecule has 0 bridgehead atoms. The van der Waals surface area contributed by atoms with Gasteiger partial charge in [-0.05, 0) is 18.2 Å². The number of benzene rings is 2. The zero-order chi connectivity index (χ0) is 17.8. The Labute approximate surface area is 144 Å². The summed E-state index contributed by atoms with van der Waals surface area (Å²) in [6.07, 6.45) is 0. The van der Waals surface area contributed by atoms with Crippen molar-refractivity contribution in [3.05, 3.63) is 71.0 Å². The van der Waals surface area contributed by atoms with Crippen molar-refractivity contribution in [1.82, 2.24) is 9.80 Å². The van der Waals surface area contributed by atoms with Crippen LogP contribution in [0, 0.1) is 17.1 Å². The molecule has 0 atom stereocenters. The first-order valence-electron chi connectivity index (χ1n) is 7.89. The van der Waals surface area contributed by atoms with Crippen LogP contribution in [0.25, 0.3) is 0 Å². The summed E-state index contributed by atoms with van der Waals surface area (Å²) in [7, 11) is 0. The quantitative estimate of drug-likeness (QED) is 0.862. The number of nitriles is 1. The maximum absolute atomic E-state index is 13.7. The highest BCUT2D eigenvalue weighted by Gasteiger charge is 2.29. The van der Waals surface area contributed by atoms with E-state index in [1.807, 2.05) is 6.07 Å². The molecular weight excluding hydrogens is 321 g/mol. The van der Waals surface area contributed by atoms with Crippen LogP contribution in [0.1, 0.15) is 21.5 Å². The molecule has 1 saturated heterocycles. The molecule has 0 N–H and O–H groups in total. The minimum Gasteiger partial charge on any atom is -0.335 e. The Morgan fingerprint density at radius 2 is 1.84 bits per heavy atom. The average molecular weight is 337 g/mol. The molecule has 6 heteroatoms. The molecule has 0 saturated carbocycles. The van der Waals surface area contributed by atoms with E-state index in [0.717, 1.165) is 0 Å². The van der Waals surface area contributed by atoms with Gasteiger partial charge < -0.3 is 9.80 Å². The maximum Gasteiger partial charge on any atom is 0.255 e. The van der Waals surface area contributed by atoms with Gasteiger partial charge in [0, 0.05) is 25.2 Å². The van der Waals surface area contributed by atoms with Gasteiger partial charge in [0.05, 0.1) is 17.2 Å². The molecule has 3 rings (SSSR count). The van der Waals surface area contributed by atoms with Gasteiger partial charge in [0.2, 0.25) is 5.91 Å². The Morgan fingerprint density at radius 3 is 2.56 bits per heavy atom. The number of rotatable bonds is 3. The predicted octanol–water partition coefficient (Wildman–Crippen LogP) is 2.18. The van der Waals surface area contributed by atoms with Crippen LogP contribution in [-0.2, 0) is 11.3 Å². The highest BCUT2D eigenvalue weighted by Crippen LogP contribution is 2.16. The van der Waals surface area contributed by atoms with Crippen molar-refractivity contribution in [3.63, 3.8) is 0 Å². The first-order chi connectivity index (χ1) is 12.1. The van der Waals surface area contributed by atoms with Crippen molar-refractivity contribution in [1.29, 1.82) is 5.26 Å². The summed E-state index contributed by atoms with van der Waals surface area (Å²) < 4.78 is 13.7. The Bertz CT molecular complexity index is 860. The number of carbonyl (C=O) groups is 2. The van der Waals surface area contributed by atoms with Gasteiger partial charge in [-0.15, -0.1) is 0 Å². The van der Waals surface area contributed by atoms with Gasteiger partial charge in [-0.1, -0.05) is 30.3 Å². The zero-order valence-corrected chi connectivity index (χ0v) is 13.5. The molecule has 1 heterocycles. The Kier molecular flexibility index (Phi) is 4.75. The molecular formula is C19H16FN3O2. The van der Waals surface area contributed by atoms with E-state index in [9.17, 15) is 14.0 Å². The van der Waals surface area contributed by atoms with Crippen LogP contribution in [0.2, 0.25) is 0 Å². The molecule has 0 aromatic heterocycles. The second-order valence-electron chi connectivity index (χ2n) is 5.79. The third-order valence-corrected chi connectivity index (χ3v) is 4.20. The fourth-order valence-electron chi connectivity index (χ4n) is 2.82. The second-order valence-corrected chi connectivity index (χ2v) is 5.79. The fourth-order valence-corrected chi connectivity index (χ4v) is 2.82. The molecule has 2 aromatic carbocycles. The second kappa shape index (κ2) is 7.14. The van der Waals surface area contributed by atoms with E-state index < -0.39 is 0 Å². The van der Waals surface area contributed by atoms with Crippen LogP contribution >= 0.6 is 0 Å². The van der Waals surface area contributed by atoms with Crippen LogP contribution in [-0.4, -0.2) is 41.2 Å². The average Bonchev–Trinajstić information content (AvgIpc) is 2.64. The summed E-state index contributed by atoms with van der Waals surface area (Å²) >= 11 is 0. The number of piperazine rings is 1. The maximum atomic E-state index is 13.7.